The Labute approximate surface area is 440 Å². The molecule has 0 saturated heterocycles. The highest BCUT2D eigenvalue weighted by atomic mass is 15.1. The van der Waals surface area contributed by atoms with Gasteiger partial charge in [0.2, 0.25) is 0 Å². The fourth-order valence-corrected chi connectivity index (χ4v) is 11.9. The number of anilines is 3. The largest absolute Gasteiger partial charge is 0.311 e. The van der Waals surface area contributed by atoms with Gasteiger partial charge in [-0.25, -0.2) is 0 Å². The zero-order valence-corrected chi connectivity index (χ0v) is 41.5. The van der Waals surface area contributed by atoms with E-state index in [2.05, 4.69) is 310 Å². The maximum Gasteiger partial charge on any atom is 0.0547 e. The third-order valence-corrected chi connectivity index (χ3v) is 15.5. The van der Waals surface area contributed by atoms with E-state index in [4.69, 9.17) is 0 Å². The number of nitrogens with zero attached hydrogens (tertiary/aromatic N) is 4. The van der Waals surface area contributed by atoms with Crippen LogP contribution in [0.3, 0.4) is 0 Å². The first-order valence-electron chi connectivity index (χ1n) is 26.1. The first kappa shape index (κ1) is 43.4. The van der Waals surface area contributed by atoms with Crippen molar-refractivity contribution < 1.29 is 0 Å². The van der Waals surface area contributed by atoms with Crippen LogP contribution in [0, 0.1) is 0 Å². The van der Waals surface area contributed by atoms with Gasteiger partial charge in [0.25, 0.3) is 0 Å². The van der Waals surface area contributed by atoms with Gasteiger partial charge in [-0.3, -0.25) is 0 Å². The molecule has 0 radical (unpaired) electrons. The summed E-state index contributed by atoms with van der Waals surface area (Å²) in [5, 5.41) is 7.53. The molecule has 3 aromatic heterocycles. The van der Waals surface area contributed by atoms with E-state index in [-0.39, 0.29) is 0 Å². The summed E-state index contributed by atoms with van der Waals surface area (Å²) in [5.41, 5.74) is 20.9. The molecule has 0 atom stereocenters. The molecule has 12 aromatic carbocycles. The maximum absolute atomic E-state index is 2.39. The van der Waals surface area contributed by atoms with E-state index >= 15 is 0 Å². The molecule has 0 spiro atoms. The molecule has 4 nitrogen and oxygen atoms in total. The molecule has 0 aliphatic heterocycles. The molecule has 0 bridgehead atoms. The third kappa shape index (κ3) is 7.14. The van der Waals surface area contributed by atoms with Gasteiger partial charge < -0.3 is 18.6 Å². The number of rotatable bonds is 9. The van der Waals surface area contributed by atoms with Gasteiger partial charge >= 0.3 is 0 Å². The fraction of sp³-hybridized carbons (Fsp3) is 0. The predicted molar refractivity (Wildman–Crippen MR) is 320 cm³/mol. The molecule has 0 unspecified atom stereocenters. The molecule has 356 valence electrons. The second kappa shape index (κ2) is 17.8. The van der Waals surface area contributed by atoms with Crippen molar-refractivity contribution in [2.24, 2.45) is 0 Å². The van der Waals surface area contributed by atoms with Gasteiger partial charge in [0.1, 0.15) is 0 Å². The van der Waals surface area contributed by atoms with E-state index in [9.17, 15) is 0 Å². The molecule has 0 saturated carbocycles. The number of fused-ring (bicyclic) bond motifs is 9. The summed E-state index contributed by atoms with van der Waals surface area (Å²) >= 11 is 0. The number of hydrogen-bond acceptors (Lipinski definition) is 1. The average molecular weight is 969 g/mol. The molecule has 76 heavy (non-hydrogen) atoms. The van der Waals surface area contributed by atoms with Crippen LogP contribution < -0.4 is 4.90 Å². The molecule has 3 heterocycles. The zero-order chi connectivity index (χ0) is 50.1. The van der Waals surface area contributed by atoms with Gasteiger partial charge in [-0.15, -0.1) is 0 Å². The Hall–Kier alpha value is -10.2. The molecule has 0 aliphatic rings. The molecule has 15 rings (SSSR count). The van der Waals surface area contributed by atoms with Crippen molar-refractivity contribution in [3.05, 3.63) is 291 Å². The van der Waals surface area contributed by atoms with Crippen molar-refractivity contribution in [3.63, 3.8) is 0 Å². The number of hydrogen-bond donors (Lipinski definition) is 0. The Morgan fingerprint density at radius 1 is 0.184 bits per heavy atom. The Balaban J connectivity index is 0.801. The summed E-state index contributed by atoms with van der Waals surface area (Å²) in [6.07, 6.45) is 0. The minimum atomic E-state index is 1.08. The molecule has 0 fully saturated rings. The fourth-order valence-electron chi connectivity index (χ4n) is 11.9. The van der Waals surface area contributed by atoms with Gasteiger partial charge in [0, 0.05) is 66.4 Å². The summed E-state index contributed by atoms with van der Waals surface area (Å²) in [7, 11) is 0. The molecule has 0 N–H and O–H groups in total. The van der Waals surface area contributed by atoms with Crippen LogP contribution >= 0.6 is 0 Å². The lowest BCUT2D eigenvalue weighted by atomic mass is 10.0. The van der Waals surface area contributed by atoms with Crippen LogP contribution in [0.1, 0.15) is 0 Å². The molecule has 15 aromatic rings. The second-order valence-electron chi connectivity index (χ2n) is 19.7. The summed E-state index contributed by atoms with van der Waals surface area (Å²) in [6, 6.07) is 106. The van der Waals surface area contributed by atoms with Crippen LogP contribution in [0.25, 0.3) is 116 Å². The van der Waals surface area contributed by atoms with Crippen molar-refractivity contribution in [1.82, 2.24) is 13.7 Å². The molecular weight excluding hydrogens is 921 g/mol. The van der Waals surface area contributed by atoms with Crippen LogP contribution in [-0.4, -0.2) is 13.7 Å². The van der Waals surface area contributed by atoms with Crippen LogP contribution in [0.4, 0.5) is 17.1 Å². The van der Waals surface area contributed by atoms with Crippen molar-refractivity contribution in [2.75, 3.05) is 4.90 Å². The van der Waals surface area contributed by atoms with E-state index in [1.807, 2.05) is 0 Å². The highest BCUT2D eigenvalue weighted by molar-refractivity contribution is 6.12. The summed E-state index contributed by atoms with van der Waals surface area (Å²) < 4.78 is 7.15. The van der Waals surface area contributed by atoms with Gasteiger partial charge in [0.05, 0.1) is 33.1 Å². The highest BCUT2D eigenvalue weighted by Gasteiger charge is 2.18. The van der Waals surface area contributed by atoms with E-state index in [1.165, 1.54) is 82.1 Å². The molecule has 0 aliphatic carbocycles. The van der Waals surface area contributed by atoms with Crippen molar-refractivity contribution >= 4 is 82.5 Å². The van der Waals surface area contributed by atoms with Crippen LogP contribution in [0.15, 0.2) is 291 Å². The molecule has 0 amide bonds. The van der Waals surface area contributed by atoms with E-state index in [0.717, 1.165) is 50.8 Å². The Morgan fingerprint density at radius 3 is 0.789 bits per heavy atom. The zero-order valence-electron chi connectivity index (χ0n) is 41.5. The highest BCUT2D eigenvalue weighted by Crippen LogP contribution is 2.41. The van der Waals surface area contributed by atoms with Crippen molar-refractivity contribution in [2.45, 2.75) is 0 Å². The Bertz CT molecular complexity index is 4390. The van der Waals surface area contributed by atoms with Crippen LogP contribution in [0.5, 0.6) is 0 Å². The SMILES string of the molecule is c1ccc(-n2c3ccccc3c3ccc(-c4ccc(N(c5ccc(-c6ccc(-n7c8ccccc8c8ccccc87)cc6)cc5)c5ccc(-c6ccc7c8ccccc8n(-c8ccccc8)c7c6)cc5)cc4)cc32)cc1. The lowest BCUT2D eigenvalue weighted by Gasteiger charge is -2.26. The first-order valence-corrected chi connectivity index (χ1v) is 26.1. The number of aromatic nitrogens is 3. The van der Waals surface area contributed by atoms with Crippen LogP contribution in [0.2, 0.25) is 0 Å². The minimum Gasteiger partial charge on any atom is -0.311 e. The quantitative estimate of drug-likeness (QED) is 0.141. The third-order valence-electron chi connectivity index (χ3n) is 15.5. The van der Waals surface area contributed by atoms with E-state index in [0.29, 0.717) is 0 Å². The molecule has 4 heteroatoms. The summed E-state index contributed by atoms with van der Waals surface area (Å²) in [5.74, 6) is 0. The van der Waals surface area contributed by atoms with Gasteiger partial charge in [0.15, 0.2) is 0 Å². The monoisotopic (exact) mass is 968 g/mol. The maximum atomic E-state index is 2.39. The van der Waals surface area contributed by atoms with E-state index in [1.54, 1.807) is 0 Å². The van der Waals surface area contributed by atoms with Crippen molar-refractivity contribution in [1.29, 1.82) is 0 Å². The molecular formula is C72H48N4. The normalized spacial score (nSPS) is 11.7. The number of benzene rings is 12. The lowest BCUT2D eigenvalue weighted by molar-refractivity contribution is 1.18. The first-order chi connectivity index (χ1) is 37.7. The smallest absolute Gasteiger partial charge is 0.0547 e. The van der Waals surface area contributed by atoms with Gasteiger partial charge in [-0.05, 0) is 143 Å². The lowest BCUT2D eigenvalue weighted by Crippen LogP contribution is -2.09. The van der Waals surface area contributed by atoms with Crippen LogP contribution in [-0.2, 0) is 0 Å². The second-order valence-corrected chi connectivity index (χ2v) is 19.7. The Morgan fingerprint density at radius 2 is 0.434 bits per heavy atom. The number of para-hydroxylation sites is 6. The van der Waals surface area contributed by atoms with E-state index < -0.39 is 0 Å². The topological polar surface area (TPSA) is 18.0 Å². The standard InChI is InChI=1S/C72H48N4/c1-3-15-55(16-4-1)75-69-25-13-9-21-63(69)65-45-35-53(47-71(65)75)51-31-39-58(40-32-51)73(57-37-27-49(28-38-57)50-29-43-60(44-30-50)74-67-23-11-7-19-61(67)62-20-8-12-24-68(62)74)59-41-33-52(34-42-59)54-36-46-66-64-22-10-14-26-70(64)76(72(66)48-54)56-17-5-2-6-18-56/h1-48H. The van der Waals surface area contributed by atoms with Gasteiger partial charge in [-0.2, -0.15) is 0 Å². The summed E-state index contributed by atoms with van der Waals surface area (Å²) in [4.78, 5) is 2.37. The minimum absolute atomic E-state index is 1.08. The summed E-state index contributed by atoms with van der Waals surface area (Å²) in [6.45, 7) is 0. The Kier molecular flexibility index (Phi) is 10.2. The average Bonchev–Trinajstić information content (AvgIpc) is 4.17. The van der Waals surface area contributed by atoms with Crippen molar-refractivity contribution in [3.8, 4) is 50.4 Å². The predicted octanol–water partition coefficient (Wildman–Crippen LogP) is 19.4. The van der Waals surface area contributed by atoms with Gasteiger partial charge in [-0.1, -0.05) is 182 Å².